The third-order valence-corrected chi connectivity index (χ3v) is 4.93. The average Bonchev–Trinajstić information content (AvgIpc) is 2.70. The van der Waals surface area contributed by atoms with Gasteiger partial charge in [-0.15, -0.1) is 6.58 Å². The maximum Gasteiger partial charge on any atom is 0.262 e. The first-order chi connectivity index (χ1) is 14.3. The van der Waals surface area contributed by atoms with E-state index in [4.69, 9.17) is 23.8 Å². The zero-order valence-electron chi connectivity index (χ0n) is 16.1. The molecule has 0 aliphatic rings. The van der Waals surface area contributed by atoms with Gasteiger partial charge in [-0.25, -0.2) is 0 Å². The van der Waals surface area contributed by atoms with Crippen molar-refractivity contribution in [2.45, 2.75) is 6.54 Å². The zero-order chi connectivity index (χ0) is 21.8. The van der Waals surface area contributed by atoms with E-state index in [0.717, 1.165) is 0 Å². The zero-order valence-corrected chi connectivity index (χ0v) is 17.7. The quantitative estimate of drug-likeness (QED) is 0.451. The van der Waals surface area contributed by atoms with Gasteiger partial charge in [0, 0.05) is 29.9 Å². The molecule has 0 atom stereocenters. The number of nitrogens with zero attached hydrogens (tertiary/aromatic N) is 2. The van der Waals surface area contributed by atoms with Crippen LogP contribution in [0.5, 0.6) is 0 Å². The van der Waals surface area contributed by atoms with Crippen LogP contribution in [0, 0.1) is 4.77 Å². The minimum atomic E-state index is -0.368. The van der Waals surface area contributed by atoms with E-state index < -0.39 is 0 Å². The van der Waals surface area contributed by atoms with E-state index in [1.165, 1.54) is 16.5 Å². The number of halogens is 1. The maximum atomic E-state index is 12.8. The molecule has 30 heavy (non-hydrogen) atoms. The van der Waals surface area contributed by atoms with Crippen molar-refractivity contribution in [2.24, 2.45) is 0 Å². The van der Waals surface area contributed by atoms with Crippen molar-refractivity contribution in [2.75, 3.05) is 18.9 Å². The van der Waals surface area contributed by atoms with E-state index in [-0.39, 0.29) is 35.2 Å². The van der Waals surface area contributed by atoms with Crippen LogP contribution in [0.4, 0.5) is 5.69 Å². The lowest BCUT2D eigenvalue weighted by molar-refractivity contribution is -0.116. The van der Waals surface area contributed by atoms with Gasteiger partial charge in [0.15, 0.2) is 4.77 Å². The lowest BCUT2D eigenvalue weighted by atomic mass is 10.1. The van der Waals surface area contributed by atoms with Gasteiger partial charge in [0.2, 0.25) is 5.91 Å². The molecular formula is C21H19ClN4O3S. The highest BCUT2D eigenvalue weighted by atomic mass is 35.5. The first-order valence-corrected chi connectivity index (χ1v) is 9.77. The monoisotopic (exact) mass is 442 g/mol. The Balaban J connectivity index is 1.79. The third-order valence-electron chi connectivity index (χ3n) is 4.38. The van der Waals surface area contributed by atoms with Crippen LogP contribution in [-0.2, 0) is 11.3 Å². The van der Waals surface area contributed by atoms with Crippen LogP contribution in [0.15, 0.2) is 59.9 Å². The highest BCUT2D eigenvalue weighted by Gasteiger charge is 2.16. The van der Waals surface area contributed by atoms with Crippen LogP contribution in [-0.4, -0.2) is 39.9 Å². The molecule has 0 bridgehead atoms. The molecule has 7 nitrogen and oxygen atoms in total. The Kier molecular flexibility index (Phi) is 6.49. The number of amides is 2. The minimum absolute atomic E-state index is 0.152. The minimum Gasteiger partial charge on any atom is -0.332 e. The summed E-state index contributed by atoms with van der Waals surface area (Å²) in [7, 11) is 1.52. The van der Waals surface area contributed by atoms with E-state index in [2.05, 4.69) is 16.9 Å². The molecule has 0 aliphatic heterocycles. The van der Waals surface area contributed by atoms with Gasteiger partial charge in [-0.1, -0.05) is 23.7 Å². The van der Waals surface area contributed by atoms with E-state index >= 15 is 0 Å². The highest BCUT2D eigenvalue weighted by molar-refractivity contribution is 7.71. The second-order valence-corrected chi connectivity index (χ2v) is 7.44. The van der Waals surface area contributed by atoms with E-state index in [1.54, 1.807) is 48.5 Å². The molecule has 1 aromatic heterocycles. The number of allylic oxidation sites excluding steroid dienone is 1. The standard InChI is InChI=1S/C21H19ClN4O3S/c1-3-9-26-20(29)16-8-7-13(10-17(16)24-21(26)30)19(28)25(2)12-18(27)23-15-6-4-5-14(22)11-15/h3-8,10-11H,1,9,12H2,2H3,(H,23,27)(H,24,30). The number of likely N-dealkylation sites (N-methyl/N-ethyl adjacent to an activating group) is 1. The molecule has 0 radical (unpaired) electrons. The summed E-state index contributed by atoms with van der Waals surface area (Å²) in [6.07, 6.45) is 1.58. The highest BCUT2D eigenvalue weighted by Crippen LogP contribution is 2.15. The molecule has 3 rings (SSSR count). The Bertz CT molecular complexity index is 1270. The van der Waals surface area contributed by atoms with Crippen LogP contribution >= 0.6 is 23.8 Å². The molecule has 2 aromatic carbocycles. The summed E-state index contributed by atoms with van der Waals surface area (Å²) in [6, 6.07) is 11.4. The van der Waals surface area contributed by atoms with Gasteiger partial charge < -0.3 is 15.2 Å². The molecule has 9 heteroatoms. The van der Waals surface area contributed by atoms with Gasteiger partial charge in [0.1, 0.15) is 0 Å². The van der Waals surface area contributed by atoms with Crippen molar-refractivity contribution in [3.05, 3.63) is 80.8 Å². The molecule has 154 valence electrons. The van der Waals surface area contributed by atoms with E-state index in [0.29, 0.717) is 27.2 Å². The third kappa shape index (κ3) is 4.67. The van der Waals surface area contributed by atoms with E-state index in [9.17, 15) is 14.4 Å². The number of hydrogen-bond donors (Lipinski definition) is 2. The summed E-state index contributed by atoms with van der Waals surface area (Å²) < 4.78 is 1.63. The van der Waals surface area contributed by atoms with Gasteiger partial charge in [-0.05, 0) is 48.6 Å². The molecule has 0 aliphatic carbocycles. The van der Waals surface area contributed by atoms with Crippen molar-refractivity contribution in [3.63, 3.8) is 0 Å². The number of aromatic amines is 1. The topological polar surface area (TPSA) is 87.2 Å². The van der Waals surface area contributed by atoms with Gasteiger partial charge in [-0.3, -0.25) is 19.0 Å². The SMILES string of the molecule is C=CCn1c(=S)[nH]c2cc(C(=O)N(C)CC(=O)Nc3cccc(Cl)c3)ccc2c1=O. The fourth-order valence-corrected chi connectivity index (χ4v) is 3.41. The average molecular weight is 443 g/mol. The van der Waals surface area contributed by atoms with Gasteiger partial charge in [-0.2, -0.15) is 0 Å². The summed E-state index contributed by atoms with van der Waals surface area (Å²) in [5.74, 6) is -0.728. The number of hydrogen-bond acceptors (Lipinski definition) is 4. The summed E-state index contributed by atoms with van der Waals surface area (Å²) in [5, 5.41) is 3.60. The number of nitrogens with one attached hydrogen (secondary N) is 2. The number of rotatable bonds is 6. The molecule has 0 saturated heterocycles. The Morgan fingerprint density at radius 1 is 1.30 bits per heavy atom. The molecule has 2 amide bonds. The number of carbonyl (C=O) groups is 2. The molecule has 3 aromatic rings. The number of fused-ring (bicyclic) bond motifs is 1. The maximum absolute atomic E-state index is 12.8. The van der Waals surface area contributed by atoms with Crippen LogP contribution in [0.1, 0.15) is 10.4 Å². The Morgan fingerprint density at radius 3 is 2.77 bits per heavy atom. The number of benzene rings is 2. The number of carbonyl (C=O) groups excluding carboxylic acids is 2. The summed E-state index contributed by atoms with van der Waals surface area (Å²) in [6.45, 7) is 3.75. The fraction of sp³-hybridized carbons (Fsp3) is 0.143. The number of anilines is 1. The summed E-state index contributed by atoms with van der Waals surface area (Å²) in [5.41, 5.74) is 1.06. The summed E-state index contributed by atoms with van der Waals surface area (Å²) >= 11 is 11.1. The predicted octanol–water partition coefficient (Wildman–Crippen LogP) is 3.61. The van der Waals surface area contributed by atoms with Crippen LogP contribution < -0.4 is 10.9 Å². The summed E-state index contributed by atoms with van der Waals surface area (Å²) in [4.78, 5) is 41.8. The van der Waals surface area contributed by atoms with Crippen molar-refractivity contribution in [3.8, 4) is 0 Å². The van der Waals surface area contributed by atoms with Crippen LogP contribution in [0.25, 0.3) is 10.9 Å². The number of H-pyrrole nitrogens is 1. The Morgan fingerprint density at radius 2 is 2.07 bits per heavy atom. The molecular weight excluding hydrogens is 424 g/mol. The van der Waals surface area contributed by atoms with Crippen molar-refractivity contribution in [1.82, 2.24) is 14.5 Å². The molecule has 0 fully saturated rings. The predicted molar refractivity (Wildman–Crippen MR) is 121 cm³/mol. The largest absolute Gasteiger partial charge is 0.332 e. The molecule has 0 spiro atoms. The molecule has 2 N–H and O–H groups in total. The van der Waals surface area contributed by atoms with Gasteiger partial charge in [0.05, 0.1) is 17.4 Å². The Labute approximate surface area is 182 Å². The van der Waals surface area contributed by atoms with Crippen LogP contribution in [0.2, 0.25) is 5.02 Å². The first-order valence-electron chi connectivity index (χ1n) is 8.99. The van der Waals surface area contributed by atoms with Crippen molar-refractivity contribution < 1.29 is 9.59 Å². The lowest BCUT2D eigenvalue weighted by Gasteiger charge is -2.17. The first kappa shape index (κ1) is 21.5. The van der Waals surface area contributed by atoms with Crippen molar-refractivity contribution in [1.29, 1.82) is 0 Å². The van der Waals surface area contributed by atoms with Crippen LogP contribution in [0.3, 0.4) is 0 Å². The number of aromatic nitrogens is 2. The van der Waals surface area contributed by atoms with Crippen molar-refractivity contribution >= 4 is 52.2 Å². The fourth-order valence-electron chi connectivity index (χ4n) is 2.96. The smallest absolute Gasteiger partial charge is 0.262 e. The Hall–Kier alpha value is -3.23. The lowest BCUT2D eigenvalue weighted by Crippen LogP contribution is -2.35. The second-order valence-electron chi connectivity index (χ2n) is 6.61. The molecule has 0 saturated carbocycles. The molecule has 1 heterocycles. The normalized spacial score (nSPS) is 10.6. The second kappa shape index (κ2) is 9.06. The van der Waals surface area contributed by atoms with Gasteiger partial charge >= 0.3 is 0 Å². The molecule has 0 unspecified atom stereocenters. The van der Waals surface area contributed by atoms with E-state index in [1.807, 2.05) is 0 Å². The van der Waals surface area contributed by atoms with Gasteiger partial charge in [0.25, 0.3) is 11.5 Å².